The van der Waals surface area contributed by atoms with Gasteiger partial charge in [-0.05, 0) is 0 Å². The van der Waals surface area contributed by atoms with E-state index in [-0.39, 0.29) is 30.6 Å². The van der Waals surface area contributed by atoms with Crippen molar-refractivity contribution in [2.75, 3.05) is 6.61 Å². The van der Waals surface area contributed by atoms with Gasteiger partial charge < -0.3 is 9.47 Å². The Balaban J connectivity index is 2.33. The summed E-state index contributed by atoms with van der Waals surface area (Å²) in [6.07, 6.45) is 0.174. The first kappa shape index (κ1) is 9.03. The Bertz CT molecular complexity index is 199. The van der Waals surface area contributed by atoms with E-state index >= 15 is 0 Å². The summed E-state index contributed by atoms with van der Waals surface area (Å²) in [4.78, 5) is 21.2. The van der Waals surface area contributed by atoms with Crippen molar-refractivity contribution in [2.45, 2.75) is 26.4 Å². The summed E-state index contributed by atoms with van der Waals surface area (Å²) in [5, 5.41) is 0. The zero-order chi connectivity index (χ0) is 9.14. The molecular weight excluding hydrogens is 160 g/mol. The molecule has 1 rings (SSSR count). The normalized spacial score (nSPS) is 28.3. The molecule has 12 heavy (non-hydrogen) atoms. The van der Waals surface area contributed by atoms with Crippen molar-refractivity contribution >= 4 is 11.9 Å². The maximum atomic E-state index is 10.7. The second-order valence-corrected chi connectivity index (χ2v) is 3.01. The predicted octanol–water partition coefficient (Wildman–Crippen LogP) is 0.501. The van der Waals surface area contributed by atoms with E-state index < -0.39 is 0 Å². The molecule has 0 N–H and O–H groups in total. The Morgan fingerprint density at radius 2 is 2.42 bits per heavy atom. The van der Waals surface area contributed by atoms with Crippen LogP contribution in [0.5, 0.6) is 0 Å². The Hall–Kier alpha value is -1.06. The molecule has 1 saturated heterocycles. The van der Waals surface area contributed by atoms with Gasteiger partial charge in [0.15, 0.2) is 0 Å². The summed E-state index contributed by atoms with van der Waals surface area (Å²) in [5.41, 5.74) is 0. The monoisotopic (exact) mass is 172 g/mol. The summed E-state index contributed by atoms with van der Waals surface area (Å²) in [5.74, 6) is -0.401. The molecule has 0 unspecified atom stereocenters. The van der Waals surface area contributed by atoms with Crippen LogP contribution in [0, 0.1) is 5.92 Å². The molecule has 0 aliphatic carbocycles. The molecule has 4 nitrogen and oxygen atoms in total. The molecule has 0 saturated carbocycles. The molecule has 1 fully saturated rings. The van der Waals surface area contributed by atoms with Gasteiger partial charge in [0.1, 0.15) is 12.7 Å². The minimum atomic E-state index is -0.342. The van der Waals surface area contributed by atoms with Crippen LogP contribution in [0.3, 0.4) is 0 Å². The lowest BCUT2D eigenvalue weighted by atomic mass is 10.1. The molecule has 0 aromatic carbocycles. The summed E-state index contributed by atoms with van der Waals surface area (Å²) in [6, 6.07) is 0. The first-order valence-corrected chi connectivity index (χ1v) is 3.92. The summed E-state index contributed by atoms with van der Waals surface area (Å²) in [7, 11) is 0. The number of hydrogen-bond acceptors (Lipinski definition) is 4. The highest BCUT2D eigenvalue weighted by atomic mass is 16.6. The minimum absolute atomic E-state index is 0.150. The van der Waals surface area contributed by atoms with Gasteiger partial charge >= 0.3 is 11.9 Å². The van der Waals surface area contributed by atoms with Crippen LogP contribution >= 0.6 is 0 Å². The zero-order valence-electron chi connectivity index (χ0n) is 7.20. The molecule has 0 spiro atoms. The topological polar surface area (TPSA) is 52.6 Å². The van der Waals surface area contributed by atoms with Crippen molar-refractivity contribution in [3.05, 3.63) is 0 Å². The van der Waals surface area contributed by atoms with Gasteiger partial charge in [-0.2, -0.15) is 0 Å². The molecule has 0 aromatic rings. The van der Waals surface area contributed by atoms with Crippen LogP contribution in [-0.4, -0.2) is 24.6 Å². The van der Waals surface area contributed by atoms with E-state index in [0.717, 1.165) is 0 Å². The molecule has 1 aliphatic rings. The Morgan fingerprint density at radius 1 is 1.75 bits per heavy atom. The number of cyclic esters (lactones) is 1. The highest BCUT2D eigenvalue weighted by Crippen LogP contribution is 2.21. The van der Waals surface area contributed by atoms with Crippen molar-refractivity contribution in [1.82, 2.24) is 0 Å². The van der Waals surface area contributed by atoms with Crippen LogP contribution in [0.2, 0.25) is 0 Å². The third kappa shape index (κ3) is 2.22. The van der Waals surface area contributed by atoms with E-state index in [9.17, 15) is 9.59 Å². The third-order valence-electron chi connectivity index (χ3n) is 1.86. The molecular formula is C8H12O4. The second-order valence-electron chi connectivity index (χ2n) is 3.01. The lowest BCUT2D eigenvalue weighted by molar-refractivity contribution is -0.151. The first-order valence-electron chi connectivity index (χ1n) is 3.92. The van der Waals surface area contributed by atoms with E-state index in [0.29, 0.717) is 6.42 Å². The van der Waals surface area contributed by atoms with Crippen molar-refractivity contribution in [3.63, 3.8) is 0 Å². The molecule has 2 atom stereocenters. The smallest absolute Gasteiger partial charge is 0.306 e. The number of esters is 2. The molecule has 1 aliphatic heterocycles. The van der Waals surface area contributed by atoms with Gasteiger partial charge in [0.25, 0.3) is 0 Å². The third-order valence-corrected chi connectivity index (χ3v) is 1.86. The number of hydrogen-bond donors (Lipinski definition) is 0. The fourth-order valence-corrected chi connectivity index (χ4v) is 1.13. The molecule has 68 valence electrons. The van der Waals surface area contributed by atoms with Crippen LogP contribution in [0.1, 0.15) is 20.3 Å². The first-order chi connectivity index (χ1) is 5.59. The number of carbonyl (C=O) groups excluding carboxylic acids is 2. The van der Waals surface area contributed by atoms with Gasteiger partial charge in [-0.1, -0.05) is 6.92 Å². The average molecular weight is 172 g/mol. The van der Waals surface area contributed by atoms with E-state index in [1.807, 2.05) is 6.92 Å². The van der Waals surface area contributed by atoms with Crippen LogP contribution in [-0.2, 0) is 19.1 Å². The van der Waals surface area contributed by atoms with Gasteiger partial charge in [-0.25, -0.2) is 0 Å². The zero-order valence-corrected chi connectivity index (χ0v) is 7.20. The molecule has 0 amide bonds. The summed E-state index contributed by atoms with van der Waals surface area (Å²) >= 11 is 0. The molecule has 0 radical (unpaired) electrons. The van der Waals surface area contributed by atoms with Gasteiger partial charge in [-0.3, -0.25) is 9.59 Å². The Kier molecular flexibility index (Phi) is 2.68. The molecule has 0 aromatic heterocycles. The van der Waals surface area contributed by atoms with Crippen LogP contribution in [0.4, 0.5) is 0 Å². The maximum Gasteiger partial charge on any atom is 0.306 e. The van der Waals surface area contributed by atoms with E-state index in [1.165, 1.54) is 6.92 Å². The average Bonchev–Trinajstić information content (AvgIpc) is 2.26. The Labute approximate surface area is 70.8 Å². The fraction of sp³-hybridized carbons (Fsp3) is 0.750. The van der Waals surface area contributed by atoms with Crippen molar-refractivity contribution in [3.8, 4) is 0 Å². The minimum Gasteiger partial charge on any atom is -0.462 e. The standard InChI is InChI=1S/C8H12O4/c1-5-3-8(10)12-7(5)4-11-6(2)9/h5,7H,3-4H2,1-2H3/t5-,7-/m1/s1. The highest BCUT2D eigenvalue weighted by Gasteiger charge is 2.31. The Morgan fingerprint density at radius 3 is 2.83 bits per heavy atom. The number of carbonyl (C=O) groups is 2. The van der Waals surface area contributed by atoms with Crippen LogP contribution < -0.4 is 0 Å². The number of ether oxygens (including phenoxy) is 2. The fourth-order valence-electron chi connectivity index (χ4n) is 1.13. The van der Waals surface area contributed by atoms with E-state index in [4.69, 9.17) is 9.47 Å². The van der Waals surface area contributed by atoms with E-state index in [1.54, 1.807) is 0 Å². The van der Waals surface area contributed by atoms with Crippen molar-refractivity contribution in [2.24, 2.45) is 5.92 Å². The predicted molar refractivity (Wildman–Crippen MR) is 40.3 cm³/mol. The number of rotatable bonds is 2. The second kappa shape index (κ2) is 3.56. The van der Waals surface area contributed by atoms with Gasteiger partial charge in [0, 0.05) is 12.8 Å². The molecule has 4 heteroatoms. The van der Waals surface area contributed by atoms with Gasteiger partial charge in [0.2, 0.25) is 0 Å². The lowest BCUT2D eigenvalue weighted by Gasteiger charge is -2.12. The van der Waals surface area contributed by atoms with Crippen molar-refractivity contribution < 1.29 is 19.1 Å². The van der Waals surface area contributed by atoms with Crippen LogP contribution in [0.15, 0.2) is 0 Å². The highest BCUT2D eigenvalue weighted by molar-refractivity contribution is 5.72. The van der Waals surface area contributed by atoms with Crippen molar-refractivity contribution in [1.29, 1.82) is 0 Å². The van der Waals surface area contributed by atoms with Gasteiger partial charge in [-0.15, -0.1) is 0 Å². The SMILES string of the molecule is CC(=O)OC[C@H]1OC(=O)C[C@H]1C. The summed E-state index contributed by atoms with van der Waals surface area (Å²) < 4.78 is 9.64. The summed E-state index contributed by atoms with van der Waals surface area (Å²) in [6.45, 7) is 3.42. The van der Waals surface area contributed by atoms with E-state index in [2.05, 4.69) is 0 Å². The largest absolute Gasteiger partial charge is 0.462 e. The molecule has 0 bridgehead atoms. The van der Waals surface area contributed by atoms with Gasteiger partial charge in [0.05, 0.1) is 6.42 Å². The lowest BCUT2D eigenvalue weighted by Crippen LogP contribution is -2.22. The molecule has 1 heterocycles. The van der Waals surface area contributed by atoms with Crippen LogP contribution in [0.25, 0.3) is 0 Å². The quantitative estimate of drug-likeness (QED) is 0.569. The maximum absolute atomic E-state index is 10.7.